The molecule has 1 fully saturated rings. The topological polar surface area (TPSA) is 81.9 Å². The molecule has 1 atom stereocenters. The van der Waals surface area contributed by atoms with Crippen LogP contribution in [0.25, 0.3) is 0 Å². The van der Waals surface area contributed by atoms with Gasteiger partial charge in [-0.05, 0) is 68.8 Å². The van der Waals surface area contributed by atoms with Crippen LogP contribution >= 0.6 is 11.6 Å². The Balaban J connectivity index is 1.38. The fourth-order valence-corrected chi connectivity index (χ4v) is 3.70. The van der Waals surface area contributed by atoms with Crippen LogP contribution in [0.4, 0.5) is 5.69 Å². The molecular weight excluding hydrogens is 402 g/mol. The first-order valence-electron chi connectivity index (χ1n) is 10.4. The molecule has 0 radical (unpaired) electrons. The van der Waals surface area contributed by atoms with Crippen LogP contribution in [0.1, 0.15) is 37.5 Å². The summed E-state index contributed by atoms with van der Waals surface area (Å²) in [4.78, 5) is 18.8. The van der Waals surface area contributed by atoms with Gasteiger partial charge < -0.3 is 20.4 Å². The number of likely N-dealkylation sites (tertiary alicyclic amines) is 1. The summed E-state index contributed by atoms with van der Waals surface area (Å²) in [6.07, 6.45) is 5.30. The Morgan fingerprint density at radius 2 is 1.97 bits per heavy atom. The van der Waals surface area contributed by atoms with Gasteiger partial charge in [-0.2, -0.15) is 0 Å². The van der Waals surface area contributed by atoms with Gasteiger partial charge in [-0.1, -0.05) is 11.6 Å². The third-order valence-electron chi connectivity index (χ3n) is 5.14. The number of guanidine groups is 1. The highest BCUT2D eigenvalue weighted by Gasteiger charge is 2.25. The third-order valence-corrected chi connectivity index (χ3v) is 5.39. The molecule has 2 aromatic rings. The standard InChI is InChI=1S/C22H30ClN5O2/c1-24-22(25-12-4-7-21(29)27-18-10-8-17(23)9-11-18)26-16-19(20-6-5-15-30-20)28-13-2-3-14-28/h5-6,8-11,15,19H,2-4,7,12-14,16H2,1H3,(H,27,29)(H2,24,25,26). The van der Waals surface area contributed by atoms with E-state index < -0.39 is 0 Å². The fraction of sp³-hybridized carbons (Fsp3) is 0.455. The molecule has 7 nitrogen and oxygen atoms in total. The Labute approximate surface area is 182 Å². The van der Waals surface area contributed by atoms with E-state index >= 15 is 0 Å². The van der Waals surface area contributed by atoms with Crippen LogP contribution < -0.4 is 16.0 Å². The maximum Gasteiger partial charge on any atom is 0.224 e. The first-order chi connectivity index (χ1) is 14.7. The molecule has 0 aliphatic carbocycles. The minimum Gasteiger partial charge on any atom is -0.468 e. The average molecular weight is 432 g/mol. The SMILES string of the molecule is CN=C(NCCCC(=O)Nc1ccc(Cl)cc1)NCC(c1ccco1)N1CCCC1. The molecule has 0 spiro atoms. The lowest BCUT2D eigenvalue weighted by atomic mass is 10.2. The largest absolute Gasteiger partial charge is 0.468 e. The van der Waals surface area contributed by atoms with Crippen LogP contribution in [0.2, 0.25) is 5.02 Å². The Hall–Kier alpha value is -2.51. The normalized spacial score (nSPS) is 15.7. The van der Waals surface area contributed by atoms with Gasteiger partial charge in [-0.25, -0.2) is 0 Å². The molecule has 3 N–H and O–H groups in total. The van der Waals surface area contributed by atoms with E-state index in [0.717, 1.165) is 30.5 Å². The number of carbonyl (C=O) groups excluding carboxylic acids is 1. The number of furan rings is 1. The zero-order chi connectivity index (χ0) is 21.2. The Morgan fingerprint density at radius 3 is 2.63 bits per heavy atom. The van der Waals surface area contributed by atoms with Gasteiger partial charge in [-0.3, -0.25) is 14.7 Å². The smallest absolute Gasteiger partial charge is 0.224 e. The molecule has 30 heavy (non-hydrogen) atoms. The van der Waals surface area contributed by atoms with Crippen molar-refractivity contribution in [3.8, 4) is 0 Å². The van der Waals surface area contributed by atoms with Gasteiger partial charge >= 0.3 is 0 Å². The summed E-state index contributed by atoms with van der Waals surface area (Å²) >= 11 is 5.86. The highest BCUT2D eigenvalue weighted by atomic mass is 35.5. The molecule has 3 rings (SSSR count). The second-order valence-corrected chi connectivity index (χ2v) is 7.75. The summed E-state index contributed by atoms with van der Waals surface area (Å²) in [7, 11) is 1.75. The van der Waals surface area contributed by atoms with Crippen LogP contribution in [0, 0.1) is 0 Å². The summed E-state index contributed by atoms with van der Waals surface area (Å²) in [5.74, 6) is 1.68. The summed E-state index contributed by atoms with van der Waals surface area (Å²) in [6.45, 7) is 3.54. The molecule has 1 aromatic carbocycles. The predicted molar refractivity (Wildman–Crippen MR) is 121 cm³/mol. The van der Waals surface area contributed by atoms with Crippen molar-refractivity contribution >= 4 is 29.2 Å². The number of benzene rings is 1. The fourth-order valence-electron chi connectivity index (χ4n) is 3.57. The maximum atomic E-state index is 12.1. The van der Waals surface area contributed by atoms with E-state index in [1.54, 1.807) is 37.6 Å². The van der Waals surface area contributed by atoms with Crippen molar-refractivity contribution in [2.75, 3.05) is 38.5 Å². The molecule has 0 bridgehead atoms. The lowest BCUT2D eigenvalue weighted by Gasteiger charge is -2.26. The molecule has 1 aliphatic rings. The number of nitrogens with zero attached hydrogens (tertiary/aromatic N) is 2. The second kappa shape index (κ2) is 11.6. The average Bonchev–Trinajstić information content (AvgIpc) is 3.46. The highest BCUT2D eigenvalue weighted by Crippen LogP contribution is 2.24. The van der Waals surface area contributed by atoms with Crippen molar-refractivity contribution in [1.29, 1.82) is 0 Å². The molecule has 1 aliphatic heterocycles. The number of anilines is 1. The van der Waals surface area contributed by atoms with E-state index in [1.807, 2.05) is 12.1 Å². The van der Waals surface area contributed by atoms with E-state index in [9.17, 15) is 4.79 Å². The van der Waals surface area contributed by atoms with Crippen LogP contribution in [-0.2, 0) is 4.79 Å². The zero-order valence-corrected chi connectivity index (χ0v) is 18.1. The Morgan fingerprint density at radius 1 is 1.20 bits per heavy atom. The molecule has 0 saturated carbocycles. The van der Waals surface area contributed by atoms with E-state index in [0.29, 0.717) is 31.0 Å². The molecule has 1 saturated heterocycles. The number of hydrogen-bond donors (Lipinski definition) is 3. The molecule has 2 heterocycles. The third kappa shape index (κ3) is 6.78. The van der Waals surface area contributed by atoms with Crippen LogP contribution in [0.5, 0.6) is 0 Å². The van der Waals surface area contributed by atoms with Crippen molar-refractivity contribution in [2.24, 2.45) is 4.99 Å². The monoisotopic (exact) mass is 431 g/mol. The van der Waals surface area contributed by atoms with Gasteiger partial charge in [0.25, 0.3) is 0 Å². The summed E-state index contributed by atoms with van der Waals surface area (Å²) < 4.78 is 5.66. The number of nitrogens with one attached hydrogen (secondary N) is 3. The number of amides is 1. The van der Waals surface area contributed by atoms with E-state index in [4.69, 9.17) is 16.0 Å². The number of halogens is 1. The number of carbonyl (C=O) groups is 1. The second-order valence-electron chi connectivity index (χ2n) is 7.31. The molecule has 1 unspecified atom stereocenters. The molecule has 8 heteroatoms. The summed E-state index contributed by atoms with van der Waals surface area (Å²) in [5, 5.41) is 10.2. The van der Waals surface area contributed by atoms with Crippen molar-refractivity contribution in [3.63, 3.8) is 0 Å². The first-order valence-corrected chi connectivity index (χ1v) is 10.8. The lowest BCUT2D eigenvalue weighted by molar-refractivity contribution is -0.116. The van der Waals surface area contributed by atoms with Crippen LogP contribution in [0.3, 0.4) is 0 Å². The zero-order valence-electron chi connectivity index (χ0n) is 17.4. The van der Waals surface area contributed by atoms with Crippen molar-refractivity contribution in [2.45, 2.75) is 31.7 Å². The lowest BCUT2D eigenvalue weighted by Crippen LogP contribution is -2.43. The summed E-state index contributed by atoms with van der Waals surface area (Å²) in [6, 6.07) is 11.2. The van der Waals surface area contributed by atoms with Gasteiger partial charge in [0.15, 0.2) is 5.96 Å². The van der Waals surface area contributed by atoms with Crippen molar-refractivity contribution in [1.82, 2.24) is 15.5 Å². The number of rotatable bonds is 9. The van der Waals surface area contributed by atoms with Crippen molar-refractivity contribution < 1.29 is 9.21 Å². The molecule has 1 aromatic heterocycles. The van der Waals surface area contributed by atoms with Gasteiger partial charge in [0.05, 0.1) is 12.3 Å². The number of hydrogen-bond acceptors (Lipinski definition) is 4. The van der Waals surface area contributed by atoms with Gasteiger partial charge in [-0.15, -0.1) is 0 Å². The molecule has 1 amide bonds. The van der Waals surface area contributed by atoms with E-state index in [-0.39, 0.29) is 11.9 Å². The Kier molecular flexibility index (Phi) is 8.59. The quantitative estimate of drug-likeness (QED) is 0.320. The Bertz CT molecular complexity index is 801. The molecule has 162 valence electrons. The van der Waals surface area contributed by atoms with E-state index in [2.05, 4.69) is 25.8 Å². The molecular formula is C22H30ClN5O2. The minimum absolute atomic E-state index is 0.0195. The van der Waals surface area contributed by atoms with Crippen LogP contribution in [0.15, 0.2) is 52.1 Å². The van der Waals surface area contributed by atoms with Gasteiger partial charge in [0.1, 0.15) is 5.76 Å². The first kappa shape index (κ1) is 22.2. The van der Waals surface area contributed by atoms with Crippen LogP contribution in [-0.4, -0.2) is 50.0 Å². The predicted octanol–water partition coefficient (Wildman–Crippen LogP) is 3.65. The van der Waals surface area contributed by atoms with E-state index in [1.165, 1.54) is 12.8 Å². The number of aliphatic imine (C=N–C) groups is 1. The summed E-state index contributed by atoms with van der Waals surface area (Å²) in [5.41, 5.74) is 0.751. The highest BCUT2D eigenvalue weighted by molar-refractivity contribution is 6.30. The maximum absolute atomic E-state index is 12.1. The van der Waals surface area contributed by atoms with Gasteiger partial charge in [0, 0.05) is 37.3 Å². The van der Waals surface area contributed by atoms with Gasteiger partial charge in [0.2, 0.25) is 5.91 Å². The minimum atomic E-state index is -0.0195. The van der Waals surface area contributed by atoms with Crippen molar-refractivity contribution in [3.05, 3.63) is 53.4 Å².